The lowest BCUT2D eigenvalue weighted by molar-refractivity contribution is 0.0649. The van der Waals surface area contributed by atoms with Gasteiger partial charge < -0.3 is 18.6 Å². The van der Waals surface area contributed by atoms with E-state index < -0.39 is 15.5 Å². The molecule has 1 fully saturated rings. The Balaban J connectivity index is 1.57. The van der Waals surface area contributed by atoms with Crippen molar-refractivity contribution >= 4 is 20.8 Å². The smallest absolute Gasteiger partial charge is 0.344 e. The Morgan fingerprint density at radius 1 is 1.06 bits per heavy atom. The van der Waals surface area contributed by atoms with Crippen LogP contribution in [0.3, 0.4) is 0 Å². The molecule has 0 aliphatic carbocycles. The first-order valence-electron chi connectivity index (χ1n) is 10.3. The molecule has 0 bridgehead atoms. The van der Waals surface area contributed by atoms with Crippen molar-refractivity contribution in [2.45, 2.75) is 19.0 Å². The van der Waals surface area contributed by atoms with Gasteiger partial charge in [0, 0.05) is 23.5 Å². The van der Waals surface area contributed by atoms with Gasteiger partial charge >= 0.3 is 5.63 Å². The largest absolute Gasteiger partial charge is 0.497 e. The molecule has 0 N–H and O–H groups in total. The van der Waals surface area contributed by atoms with Crippen LogP contribution in [0.15, 0.2) is 45.6 Å². The van der Waals surface area contributed by atoms with Crippen LogP contribution < -0.4 is 19.8 Å². The number of rotatable bonds is 4. The van der Waals surface area contributed by atoms with Gasteiger partial charge in [-0.25, -0.2) is 13.2 Å². The second kappa shape index (κ2) is 7.83. The lowest BCUT2D eigenvalue weighted by Crippen LogP contribution is -2.41. The fourth-order valence-electron chi connectivity index (χ4n) is 4.42. The van der Waals surface area contributed by atoms with Crippen LogP contribution >= 0.6 is 0 Å². The Hall–Kier alpha value is -3.04. The monoisotopic (exact) mass is 457 g/mol. The molecule has 0 saturated carbocycles. The third-order valence-electron chi connectivity index (χ3n) is 6.13. The summed E-state index contributed by atoms with van der Waals surface area (Å²) in [6.45, 7) is 0.764. The van der Waals surface area contributed by atoms with E-state index in [0.717, 1.165) is 10.9 Å². The van der Waals surface area contributed by atoms with Crippen molar-refractivity contribution in [3.8, 4) is 28.4 Å². The molecule has 2 aliphatic rings. The quantitative estimate of drug-likeness (QED) is 0.552. The van der Waals surface area contributed by atoms with E-state index in [4.69, 9.17) is 18.6 Å². The Morgan fingerprint density at radius 2 is 1.91 bits per heavy atom. The van der Waals surface area contributed by atoms with Gasteiger partial charge in [-0.15, -0.1) is 0 Å². The van der Waals surface area contributed by atoms with Crippen molar-refractivity contribution in [1.82, 2.24) is 4.90 Å². The van der Waals surface area contributed by atoms with Gasteiger partial charge in [-0.2, -0.15) is 0 Å². The molecule has 2 aromatic carbocycles. The summed E-state index contributed by atoms with van der Waals surface area (Å²) in [4.78, 5) is 15.0. The van der Waals surface area contributed by atoms with E-state index >= 15 is 0 Å². The summed E-state index contributed by atoms with van der Waals surface area (Å²) < 4.78 is 46.2. The molecule has 5 rings (SSSR count). The summed E-state index contributed by atoms with van der Waals surface area (Å²) in [5, 5.41) is 0.743. The number of nitrogens with zero attached hydrogens (tertiary/aromatic N) is 1. The molecule has 1 unspecified atom stereocenters. The van der Waals surface area contributed by atoms with Crippen LogP contribution in [-0.4, -0.2) is 51.8 Å². The number of fused-ring (bicyclic) bond motifs is 3. The minimum Gasteiger partial charge on any atom is -0.497 e. The summed E-state index contributed by atoms with van der Waals surface area (Å²) in [5.74, 6) is 2.09. The highest BCUT2D eigenvalue weighted by molar-refractivity contribution is 7.91. The predicted molar refractivity (Wildman–Crippen MR) is 119 cm³/mol. The highest BCUT2D eigenvalue weighted by atomic mass is 32.2. The first-order chi connectivity index (χ1) is 15.4. The van der Waals surface area contributed by atoms with Crippen molar-refractivity contribution in [2.75, 3.05) is 32.5 Å². The highest BCUT2D eigenvalue weighted by Gasteiger charge is 2.35. The van der Waals surface area contributed by atoms with E-state index in [-0.39, 0.29) is 17.5 Å². The summed E-state index contributed by atoms with van der Waals surface area (Å²) in [5.41, 5.74) is 1.64. The maximum atomic E-state index is 13.0. The predicted octanol–water partition coefficient (Wildman–Crippen LogP) is 2.82. The SMILES string of the molecule is COc1ccc(OC)c(-c2cc3ccc4c(c3oc2=O)CN(C2CCS(=O)(=O)C2)CO4)c1. The van der Waals surface area contributed by atoms with Crippen LogP contribution in [0.1, 0.15) is 12.0 Å². The van der Waals surface area contributed by atoms with E-state index in [2.05, 4.69) is 0 Å². The average molecular weight is 458 g/mol. The third kappa shape index (κ3) is 3.61. The average Bonchev–Trinajstić information content (AvgIpc) is 3.17. The van der Waals surface area contributed by atoms with Crippen molar-refractivity contribution in [1.29, 1.82) is 0 Å². The molecule has 1 aromatic heterocycles. The number of sulfone groups is 1. The van der Waals surface area contributed by atoms with E-state index in [1.807, 2.05) is 17.0 Å². The Labute approximate surface area is 185 Å². The Morgan fingerprint density at radius 3 is 2.62 bits per heavy atom. The Bertz CT molecular complexity index is 1360. The molecule has 3 heterocycles. The maximum Gasteiger partial charge on any atom is 0.344 e. The fraction of sp³-hybridized carbons (Fsp3) is 0.348. The van der Waals surface area contributed by atoms with Crippen molar-refractivity contribution in [2.24, 2.45) is 0 Å². The van der Waals surface area contributed by atoms with Crippen LogP contribution in [0.2, 0.25) is 0 Å². The van der Waals surface area contributed by atoms with Crippen LogP contribution in [0.25, 0.3) is 22.1 Å². The third-order valence-corrected chi connectivity index (χ3v) is 7.88. The number of benzene rings is 2. The van der Waals surface area contributed by atoms with E-state index in [1.165, 1.54) is 0 Å². The van der Waals surface area contributed by atoms with Gasteiger partial charge in [0.1, 0.15) is 29.6 Å². The molecule has 32 heavy (non-hydrogen) atoms. The minimum absolute atomic E-state index is 0.101. The Kier molecular flexibility index (Phi) is 5.10. The van der Waals surface area contributed by atoms with Gasteiger partial charge in [-0.3, -0.25) is 4.90 Å². The number of ether oxygens (including phenoxy) is 3. The number of methoxy groups -OCH3 is 2. The van der Waals surface area contributed by atoms with Gasteiger partial charge in [0.2, 0.25) is 0 Å². The summed E-state index contributed by atoms with van der Waals surface area (Å²) in [6.07, 6.45) is 0.579. The second-order valence-electron chi connectivity index (χ2n) is 8.05. The molecular weight excluding hydrogens is 434 g/mol. The normalized spacial score (nSPS) is 20.0. The van der Waals surface area contributed by atoms with Crippen molar-refractivity contribution in [3.05, 3.63) is 52.4 Å². The van der Waals surface area contributed by atoms with E-state index in [1.54, 1.807) is 38.5 Å². The molecular formula is C23H23NO7S. The van der Waals surface area contributed by atoms with Gasteiger partial charge in [-0.1, -0.05) is 0 Å². The molecule has 168 valence electrons. The van der Waals surface area contributed by atoms with E-state index in [0.29, 0.717) is 53.7 Å². The first-order valence-corrected chi connectivity index (χ1v) is 12.1. The molecule has 0 spiro atoms. The first kappa shape index (κ1) is 20.8. The fourth-order valence-corrected chi connectivity index (χ4v) is 6.18. The van der Waals surface area contributed by atoms with Crippen molar-refractivity contribution in [3.63, 3.8) is 0 Å². The topological polar surface area (TPSA) is 95.3 Å². The van der Waals surface area contributed by atoms with Crippen LogP contribution in [0.4, 0.5) is 0 Å². The maximum absolute atomic E-state index is 13.0. The zero-order valence-electron chi connectivity index (χ0n) is 17.8. The lowest BCUT2D eigenvalue weighted by Gasteiger charge is -2.33. The molecule has 0 radical (unpaired) electrons. The molecule has 2 aliphatic heterocycles. The second-order valence-corrected chi connectivity index (χ2v) is 10.3. The number of hydrogen-bond acceptors (Lipinski definition) is 8. The van der Waals surface area contributed by atoms with Gasteiger partial charge in [0.05, 0.1) is 36.9 Å². The van der Waals surface area contributed by atoms with Gasteiger partial charge in [0.25, 0.3) is 0 Å². The molecule has 0 amide bonds. The molecule has 3 aromatic rings. The van der Waals surface area contributed by atoms with E-state index in [9.17, 15) is 13.2 Å². The zero-order chi connectivity index (χ0) is 22.5. The molecule has 1 atom stereocenters. The van der Waals surface area contributed by atoms with Crippen molar-refractivity contribution < 1.29 is 27.0 Å². The van der Waals surface area contributed by atoms with Crippen LogP contribution in [0, 0.1) is 0 Å². The summed E-state index contributed by atoms with van der Waals surface area (Å²) in [6, 6.07) is 10.6. The number of hydrogen-bond donors (Lipinski definition) is 0. The summed E-state index contributed by atoms with van der Waals surface area (Å²) >= 11 is 0. The summed E-state index contributed by atoms with van der Waals surface area (Å²) in [7, 11) is 0.0860. The van der Waals surface area contributed by atoms with Gasteiger partial charge in [0.15, 0.2) is 9.84 Å². The molecule has 8 nitrogen and oxygen atoms in total. The zero-order valence-corrected chi connectivity index (χ0v) is 18.6. The molecule has 1 saturated heterocycles. The standard InChI is InChI=1S/C23H23NO7S/c1-28-16-4-6-20(29-2)17(10-16)18-9-14-3-5-21-19(22(14)31-23(18)25)11-24(13-30-21)15-7-8-32(26,27)12-15/h3-6,9-10,15H,7-8,11-13H2,1-2H3. The van der Waals surface area contributed by atoms with Crippen LogP contribution in [-0.2, 0) is 16.4 Å². The molecule has 9 heteroatoms. The highest BCUT2D eigenvalue weighted by Crippen LogP contribution is 2.37. The van der Waals surface area contributed by atoms with Gasteiger partial charge in [-0.05, 0) is 42.8 Å². The lowest BCUT2D eigenvalue weighted by atomic mass is 10.0. The van der Waals surface area contributed by atoms with Crippen LogP contribution in [0.5, 0.6) is 17.2 Å². The minimum atomic E-state index is -3.01.